The maximum absolute atomic E-state index is 13.0. The van der Waals surface area contributed by atoms with Crippen LogP contribution in [0.3, 0.4) is 0 Å². The number of alkyl halides is 3. The molecule has 2 amide bonds. The highest BCUT2D eigenvalue weighted by Crippen LogP contribution is 2.30. The lowest BCUT2D eigenvalue weighted by Crippen LogP contribution is -2.51. The number of nitrogens with zero attached hydrogens (tertiary/aromatic N) is 3. The van der Waals surface area contributed by atoms with Crippen LogP contribution in [0.2, 0.25) is 0 Å². The van der Waals surface area contributed by atoms with E-state index in [9.17, 15) is 26.4 Å². The largest absolute Gasteiger partial charge is 0.416 e. The number of piperidine rings is 1. The van der Waals surface area contributed by atoms with Crippen molar-refractivity contribution in [3.8, 4) is 0 Å². The minimum Gasteiger partial charge on any atom is -0.308 e. The molecule has 1 aliphatic heterocycles. The lowest BCUT2D eigenvalue weighted by Gasteiger charge is -2.37. The van der Waals surface area contributed by atoms with Gasteiger partial charge in [0.1, 0.15) is 0 Å². The monoisotopic (exact) mass is 443 g/mol. The molecule has 2 aromatic rings. The number of pyridine rings is 1. The lowest BCUT2D eigenvalue weighted by molar-refractivity contribution is -0.137. The number of hydrogen-bond donors (Lipinski definition) is 2. The molecular formula is C18H20F3N5O3S. The van der Waals surface area contributed by atoms with Gasteiger partial charge in [0.15, 0.2) is 0 Å². The molecule has 162 valence electrons. The molecule has 0 atom stereocenters. The third-order valence-corrected chi connectivity index (χ3v) is 5.84. The van der Waals surface area contributed by atoms with E-state index in [0.717, 1.165) is 16.4 Å². The van der Waals surface area contributed by atoms with Crippen LogP contribution in [-0.4, -0.2) is 42.9 Å². The molecule has 0 spiro atoms. The number of urea groups is 1. The highest BCUT2D eigenvalue weighted by atomic mass is 32.2. The van der Waals surface area contributed by atoms with Crippen molar-refractivity contribution in [3.63, 3.8) is 0 Å². The number of carbonyl (C=O) groups excluding carboxylic acids is 1. The Kier molecular flexibility index (Phi) is 6.29. The topological polar surface area (TPSA) is 109 Å². The molecular weight excluding hydrogens is 423 g/mol. The van der Waals surface area contributed by atoms with Gasteiger partial charge in [-0.1, -0.05) is 0 Å². The summed E-state index contributed by atoms with van der Waals surface area (Å²) < 4.78 is 62.4. The first-order valence-electron chi connectivity index (χ1n) is 9.01. The Hall–Kier alpha value is -2.70. The Morgan fingerprint density at radius 3 is 2.30 bits per heavy atom. The molecule has 1 aromatic carbocycles. The molecule has 8 nitrogen and oxygen atoms in total. The number of nitrogens with two attached hydrogens (primary N) is 1. The average molecular weight is 443 g/mol. The highest BCUT2D eigenvalue weighted by Gasteiger charge is 2.33. The van der Waals surface area contributed by atoms with Crippen LogP contribution in [0.25, 0.3) is 0 Å². The fraction of sp³-hybridized carbons (Fsp3) is 0.333. The summed E-state index contributed by atoms with van der Waals surface area (Å²) in [5, 5.41) is 7.76. The van der Waals surface area contributed by atoms with Crippen LogP contribution in [0.15, 0.2) is 48.8 Å². The first-order valence-corrected chi connectivity index (χ1v) is 10.5. The summed E-state index contributed by atoms with van der Waals surface area (Å²) in [6, 6.07) is 6.53. The van der Waals surface area contributed by atoms with Crippen molar-refractivity contribution in [2.75, 3.05) is 23.3 Å². The van der Waals surface area contributed by atoms with Gasteiger partial charge >= 0.3 is 12.2 Å². The summed E-state index contributed by atoms with van der Waals surface area (Å²) in [4.78, 5) is 18.4. The second-order valence-electron chi connectivity index (χ2n) is 6.76. The number of rotatable bonds is 4. The van der Waals surface area contributed by atoms with E-state index in [1.54, 1.807) is 18.3 Å². The Morgan fingerprint density at radius 2 is 1.80 bits per heavy atom. The minimum absolute atomic E-state index is 0.147. The summed E-state index contributed by atoms with van der Waals surface area (Å²) in [6.45, 7) is 0.293. The van der Waals surface area contributed by atoms with Gasteiger partial charge in [0.25, 0.3) is 10.2 Å². The van der Waals surface area contributed by atoms with E-state index in [-0.39, 0.29) is 24.8 Å². The standard InChI is InChI=1S/C18H20F3N5O3S/c19-18(20,21)13-3-5-14(6-4-13)24-17(27)26(16-2-1-9-23-12-16)15-7-10-25(11-8-15)30(22,28)29/h1-6,9,12,15H,7-8,10-11H2,(H,24,27)(H2,22,28,29). The molecule has 1 saturated heterocycles. The van der Waals surface area contributed by atoms with E-state index >= 15 is 0 Å². The van der Waals surface area contributed by atoms with Gasteiger partial charge in [-0.15, -0.1) is 0 Å². The van der Waals surface area contributed by atoms with E-state index < -0.39 is 28.0 Å². The maximum Gasteiger partial charge on any atom is 0.416 e. The molecule has 1 fully saturated rings. The van der Waals surface area contributed by atoms with Crippen LogP contribution >= 0.6 is 0 Å². The second-order valence-corrected chi connectivity index (χ2v) is 8.31. The van der Waals surface area contributed by atoms with Crippen LogP contribution in [-0.2, 0) is 16.4 Å². The SMILES string of the molecule is NS(=O)(=O)N1CCC(N(C(=O)Nc2ccc(C(F)(F)F)cc2)c2cccnc2)CC1. The lowest BCUT2D eigenvalue weighted by atomic mass is 10.0. The first kappa shape index (κ1) is 22.0. The van der Waals surface area contributed by atoms with Gasteiger partial charge in [-0.2, -0.15) is 25.9 Å². The number of anilines is 2. The van der Waals surface area contributed by atoms with Crippen LogP contribution in [0.1, 0.15) is 18.4 Å². The molecule has 3 N–H and O–H groups in total. The zero-order valence-electron chi connectivity index (χ0n) is 15.7. The van der Waals surface area contributed by atoms with Gasteiger partial charge in [0.05, 0.1) is 17.4 Å². The number of amides is 2. The van der Waals surface area contributed by atoms with E-state index in [0.29, 0.717) is 18.5 Å². The summed E-state index contributed by atoms with van der Waals surface area (Å²) in [5.41, 5.74) is -0.139. The zero-order chi connectivity index (χ0) is 21.9. The Labute approximate surface area is 171 Å². The number of halogens is 3. The molecule has 1 aromatic heterocycles. The fourth-order valence-corrected chi connectivity index (χ4v) is 3.99. The minimum atomic E-state index is -4.47. The van der Waals surface area contributed by atoms with Crippen molar-refractivity contribution >= 4 is 27.6 Å². The van der Waals surface area contributed by atoms with Gasteiger partial charge in [-0.05, 0) is 49.2 Å². The van der Waals surface area contributed by atoms with Gasteiger partial charge in [-0.3, -0.25) is 9.88 Å². The van der Waals surface area contributed by atoms with Crippen LogP contribution < -0.4 is 15.4 Å². The Morgan fingerprint density at radius 1 is 1.17 bits per heavy atom. The van der Waals surface area contributed by atoms with Crippen molar-refractivity contribution in [1.82, 2.24) is 9.29 Å². The highest BCUT2D eigenvalue weighted by molar-refractivity contribution is 7.86. The van der Waals surface area contributed by atoms with E-state index in [4.69, 9.17) is 5.14 Å². The third-order valence-electron chi connectivity index (χ3n) is 4.75. The van der Waals surface area contributed by atoms with E-state index in [1.807, 2.05) is 0 Å². The number of hydrogen-bond acceptors (Lipinski definition) is 4. The molecule has 2 heterocycles. The van der Waals surface area contributed by atoms with Crippen molar-refractivity contribution in [2.45, 2.75) is 25.1 Å². The van der Waals surface area contributed by atoms with E-state index in [1.165, 1.54) is 23.2 Å². The Balaban J connectivity index is 1.79. The molecule has 0 unspecified atom stereocenters. The van der Waals surface area contributed by atoms with E-state index in [2.05, 4.69) is 10.3 Å². The molecule has 0 radical (unpaired) electrons. The average Bonchev–Trinajstić information content (AvgIpc) is 2.68. The zero-order valence-corrected chi connectivity index (χ0v) is 16.5. The van der Waals surface area contributed by atoms with Crippen molar-refractivity contribution in [2.24, 2.45) is 5.14 Å². The number of benzene rings is 1. The molecule has 0 aliphatic carbocycles. The molecule has 0 saturated carbocycles. The van der Waals surface area contributed by atoms with Crippen molar-refractivity contribution in [1.29, 1.82) is 0 Å². The summed E-state index contributed by atoms with van der Waals surface area (Å²) in [6.07, 6.45) is -0.767. The predicted octanol–water partition coefficient (Wildman–Crippen LogP) is 2.81. The number of carbonyl (C=O) groups is 1. The molecule has 1 aliphatic rings. The maximum atomic E-state index is 13.0. The van der Waals surface area contributed by atoms with Crippen LogP contribution in [0.4, 0.5) is 29.3 Å². The fourth-order valence-electron chi connectivity index (χ4n) is 3.27. The molecule has 30 heavy (non-hydrogen) atoms. The van der Waals surface area contributed by atoms with Crippen LogP contribution in [0.5, 0.6) is 0 Å². The van der Waals surface area contributed by atoms with Gasteiger partial charge in [-0.25, -0.2) is 9.93 Å². The number of nitrogens with one attached hydrogen (secondary N) is 1. The number of aromatic nitrogens is 1. The smallest absolute Gasteiger partial charge is 0.308 e. The third kappa shape index (κ3) is 5.26. The normalized spacial score (nSPS) is 16.3. The molecule has 3 rings (SSSR count). The first-order chi connectivity index (χ1) is 14.1. The summed E-state index contributed by atoms with van der Waals surface area (Å²) in [7, 11) is -3.81. The van der Waals surface area contributed by atoms with Gasteiger partial charge < -0.3 is 5.32 Å². The van der Waals surface area contributed by atoms with Gasteiger partial charge in [0, 0.05) is 31.0 Å². The predicted molar refractivity (Wildman–Crippen MR) is 105 cm³/mol. The Bertz CT molecular complexity index is 976. The molecule has 0 bridgehead atoms. The summed E-state index contributed by atoms with van der Waals surface area (Å²) in [5.74, 6) is 0. The summed E-state index contributed by atoms with van der Waals surface area (Å²) >= 11 is 0. The van der Waals surface area contributed by atoms with Crippen molar-refractivity contribution in [3.05, 3.63) is 54.4 Å². The van der Waals surface area contributed by atoms with Gasteiger partial charge in [0.2, 0.25) is 0 Å². The second kappa shape index (κ2) is 8.58. The molecule has 12 heteroatoms. The quantitative estimate of drug-likeness (QED) is 0.757. The van der Waals surface area contributed by atoms with Crippen LogP contribution in [0, 0.1) is 0 Å². The van der Waals surface area contributed by atoms with Crippen molar-refractivity contribution < 1.29 is 26.4 Å².